The van der Waals surface area contributed by atoms with Gasteiger partial charge in [0.05, 0.1) is 8.93 Å². The Kier molecular flexibility index (Phi) is 5.33. The van der Waals surface area contributed by atoms with Crippen molar-refractivity contribution < 1.29 is 0 Å². The quantitative estimate of drug-likeness (QED) is 0.668. The molecule has 5 heteroatoms. The van der Waals surface area contributed by atoms with Gasteiger partial charge in [-0.25, -0.2) is 0 Å². The lowest BCUT2D eigenvalue weighted by Crippen LogP contribution is -2.21. The Morgan fingerprint density at radius 1 is 1.33 bits per heavy atom. The van der Waals surface area contributed by atoms with Gasteiger partial charge in [-0.1, -0.05) is 30.1 Å². The average molecular weight is 412 g/mol. The van der Waals surface area contributed by atoms with Gasteiger partial charge in [0.1, 0.15) is 0 Å². The molecule has 1 nitrogen and oxygen atoms in total. The molecule has 0 fully saturated rings. The van der Waals surface area contributed by atoms with Gasteiger partial charge >= 0.3 is 0 Å². The normalized spacial score (nSPS) is 12.7. The molecule has 0 spiro atoms. The van der Waals surface area contributed by atoms with E-state index in [1.165, 1.54) is 8.45 Å². The van der Waals surface area contributed by atoms with Gasteiger partial charge in [-0.2, -0.15) is 0 Å². The maximum atomic E-state index is 6.29. The van der Waals surface area contributed by atoms with Crippen LogP contribution < -0.4 is 5.32 Å². The number of halogens is 3. The van der Waals surface area contributed by atoms with E-state index in [2.05, 4.69) is 46.3 Å². The third-order valence-electron chi connectivity index (χ3n) is 2.60. The molecule has 0 saturated heterocycles. The van der Waals surface area contributed by atoms with Gasteiger partial charge in [-0.05, 0) is 69.9 Å². The minimum atomic E-state index is 0.0981. The largest absolute Gasteiger partial charge is 0.306 e. The molecule has 2 aromatic rings. The fraction of sp³-hybridized carbons (Fsp3) is 0.231. The van der Waals surface area contributed by atoms with Crippen molar-refractivity contribution in [2.45, 2.75) is 13.0 Å². The maximum absolute atomic E-state index is 6.29. The molecule has 0 bridgehead atoms. The molecular weight excluding hydrogens is 400 g/mol. The van der Waals surface area contributed by atoms with Crippen molar-refractivity contribution in [3.05, 3.63) is 53.7 Å². The van der Waals surface area contributed by atoms with Crippen LogP contribution in [-0.4, -0.2) is 6.54 Å². The number of hydrogen-bond donors (Lipinski definition) is 1. The zero-order valence-electron chi connectivity index (χ0n) is 9.71. The minimum Gasteiger partial charge on any atom is -0.306 e. The van der Waals surface area contributed by atoms with Crippen molar-refractivity contribution in [1.82, 2.24) is 5.32 Å². The Bertz CT molecular complexity index is 542. The molecule has 0 aliphatic heterocycles. The highest BCUT2D eigenvalue weighted by atomic mass is 127. The van der Waals surface area contributed by atoms with Crippen LogP contribution in [0.3, 0.4) is 0 Å². The lowest BCUT2D eigenvalue weighted by Gasteiger charge is -2.19. The lowest BCUT2D eigenvalue weighted by molar-refractivity contribution is 0.632. The fourth-order valence-electron chi connectivity index (χ4n) is 1.82. The summed E-state index contributed by atoms with van der Waals surface area (Å²) in [6.45, 7) is 2.96. The van der Waals surface area contributed by atoms with Crippen molar-refractivity contribution in [3.63, 3.8) is 0 Å². The molecular formula is C13H12Cl2INS. The van der Waals surface area contributed by atoms with E-state index < -0.39 is 0 Å². The first kappa shape index (κ1) is 14.6. The Morgan fingerprint density at radius 3 is 2.72 bits per heavy atom. The van der Waals surface area contributed by atoms with Gasteiger partial charge in [0.2, 0.25) is 0 Å². The Morgan fingerprint density at radius 2 is 2.11 bits per heavy atom. The molecule has 1 N–H and O–H groups in total. The highest BCUT2D eigenvalue weighted by Crippen LogP contribution is 2.33. The van der Waals surface area contributed by atoms with Gasteiger partial charge in [0, 0.05) is 10.0 Å². The van der Waals surface area contributed by atoms with E-state index in [1.807, 2.05) is 18.2 Å². The Hall–Kier alpha value is 0.190. The van der Waals surface area contributed by atoms with E-state index in [1.54, 1.807) is 11.3 Å². The van der Waals surface area contributed by atoms with Crippen LogP contribution in [-0.2, 0) is 0 Å². The smallest absolute Gasteiger partial charge is 0.0656 e. The molecule has 0 saturated carbocycles. The summed E-state index contributed by atoms with van der Waals surface area (Å²) in [5, 5.41) is 7.07. The third-order valence-corrected chi connectivity index (χ3v) is 4.98. The molecule has 0 aliphatic carbocycles. The standard InChI is InChI=1S/C13H12Cl2INS/c1-2-17-13(8-5-12(16)18-7-8)10-6-9(14)3-4-11(10)15/h3-7,13,17H,2H2,1H3. The molecule has 0 aliphatic rings. The highest BCUT2D eigenvalue weighted by molar-refractivity contribution is 14.1. The van der Waals surface area contributed by atoms with Crippen LogP contribution in [0.4, 0.5) is 0 Å². The number of rotatable bonds is 4. The molecule has 18 heavy (non-hydrogen) atoms. The van der Waals surface area contributed by atoms with Crippen LogP contribution in [0.2, 0.25) is 10.0 Å². The summed E-state index contributed by atoms with van der Waals surface area (Å²) >= 11 is 16.4. The first-order chi connectivity index (χ1) is 8.61. The van der Waals surface area contributed by atoms with Gasteiger partial charge in [-0.3, -0.25) is 0 Å². The molecule has 1 unspecified atom stereocenters. The number of benzene rings is 1. The molecule has 96 valence electrons. The Balaban J connectivity index is 2.44. The zero-order valence-corrected chi connectivity index (χ0v) is 14.2. The highest BCUT2D eigenvalue weighted by Gasteiger charge is 2.17. The van der Waals surface area contributed by atoms with Crippen LogP contribution in [0.5, 0.6) is 0 Å². The SMILES string of the molecule is CCNC(c1csc(I)c1)c1cc(Cl)ccc1Cl. The summed E-state index contributed by atoms with van der Waals surface area (Å²) in [6, 6.07) is 7.87. The van der Waals surface area contributed by atoms with E-state index >= 15 is 0 Å². The van der Waals surface area contributed by atoms with Crippen LogP contribution in [0.15, 0.2) is 29.6 Å². The Labute approximate surface area is 135 Å². The zero-order chi connectivity index (χ0) is 13.1. The van der Waals surface area contributed by atoms with Crippen molar-refractivity contribution >= 4 is 57.1 Å². The third kappa shape index (κ3) is 3.39. The fourth-order valence-corrected chi connectivity index (χ4v) is 3.63. The van der Waals surface area contributed by atoms with Crippen LogP contribution in [0.25, 0.3) is 0 Å². The predicted molar refractivity (Wildman–Crippen MR) is 89.0 cm³/mol. The van der Waals surface area contributed by atoms with Crippen molar-refractivity contribution in [2.75, 3.05) is 6.54 Å². The second-order valence-electron chi connectivity index (χ2n) is 3.84. The summed E-state index contributed by atoms with van der Waals surface area (Å²) in [4.78, 5) is 0. The van der Waals surface area contributed by atoms with E-state index in [-0.39, 0.29) is 6.04 Å². The second kappa shape index (κ2) is 6.57. The first-order valence-corrected chi connectivity index (χ1v) is 8.25. The maximum Gasteiger partial charge on any atom is 0.0656 e. The molecule has 1 heterocycles. The number of hydrogen-bond acceptors (Lipinski definition) is 2. The summed E-state index contributed by atoms with van der Waals surface area (Å²) < 4.78 is 1.27. The minimum absolute atomic E-state index is 0.0981. The van der Waals surface area contributed by atoms with E-state index in [0.29, 0.717) is 5.02 Å². The molecule has 0 radical (unpaired) electrons. The van der Waals surface area contributed by atoms with Crippen LogP contribution in [0, 0.1) is 2.88 Å². The van der Waals surface area contributed by atoms with Gasteiger partial charge in [0.25, 0.3) is 0 Å². The average Bonchev–Trinajstić information content (AvgIpc) is 2.76. The summed E-state index contributed by atoms with van der Waals surface area (Å²) in [6.07, 6.45) is 0. The molecule has 0 amide bonds. The van der Waals surface area contributed by atoms with E-state index in [0.717, 1.165) is 17.1 Å². The number of thiophene rings is 1. The first-order valence-electron chi connectivity index (χ1n) is 5.54. The van der Waals surface area contributed by atoms with Crippen molar-refractivity contribution in [1.29, 1.82) is 0 Å². The van der Waals surface area contributed by atoms with E-state index in [4.69, 9.17) is 23.2 Å². The molecule has 2 rings (SSSR count). The van der Waals surface area contributed by atoms with Crippen molar-refractivity contribution in [2.24, 2.45) is 0 Å². The molecule has 1 aromatic heterocycles. The predicted octanol–water partition coefficient (Wildman–Crippen LogP) is 5.36. The van der Waals surface area contributed by atoms with Gasteiger partial charge < -0.3 is 5.32 Å². The van der Waals surface area contributed by atoms with Gasteiger partial charge in [-0.15, -0.1) is 11.3 Å². The number of nitrogens with one attached hydrogen (secondary N) is 1. The summed E-state index contributed by atoms with van der Waals surface area (Å²) in [5.74, 6) is 0. The van der Waals surface area contributed by atoms with Gasteiger partial charge in [0.15, 0.2) is 0 Å². The summed E-state index contributed by atoms with van der Waals surface area (Å²) in [7, 11) is 0. The topological polar surface area (TPSA) is 12.0 Å². The van der Waals surface area contributed by atoms with Crippen LogP contribution in [0.1, 0.15) is 24.1 Å². The van der Waals surface area contributed by atoms with Crippen LogP contribution >= 0.6 is 57.1 Å². The molecule has 1 aromatic carbocycles. The summed E-state index contributed by atoms with van der Waals surface area (Å²) in [5.41, 5.74) is 2.26. The molecule has 1 atom stereocenters. The lowest BCUT2D eigenvalue weighted by atomic mass is 10.0. The second-order valence-corrected chi connectivity index (χ2v) is 7.49. The van der Waals surface area contributed by atoms with Crippen molar-refractivity contribution in [3.8, 4) is 0 Å². The van der Waals surface area contributed by atoms with E-state index in [9.17, 15) is 0 Å². The monoisotopic (exact) mass is 411 g/mol.